The van der Waals surface area contributed by atoms with Crippen molar-refractivity contribution in [3.05, 3.63) is 87.3 Å². The highest BCUT2D eigenvalue weighted by Crippen LogP contribution is 2.58. The number of aliphatic hydroxyl groups is 1. The van der Waals surface area contributed by atoms with Gasteiger partial charge >= 0.3 is 0 Å². The van der Waals surface area contributed by atoms with Gasteiger partial charge in [-0.1, -0.05) is 11.6 Å². The van der Waals surface area contributed by atoms with Gasteiger partial charge in [-0.3, -0.25) is 14.3 Å². The average molecular weight is 576 g/mol. The number of rotatable bonds is 5. The molecule has 206 valence electrons. The SMILES string of the molecule is O=c1cc(-c2c(-n3cnnn3)ccc(Cl)c2F)nc2n1[C@@H](c1ncc(-c3ccnc(C4(O)CC4)c3F)[nH]1)CC21CC1. The van der Waals surface area contributed by atoms with Crippen LogP contribution in [0, 0.1) is 11.6 Å². The van der Waals surface area contributed by atoms with Crippen molar-refractivity contribution in [1.82, 2.24) is 44.7 Å². The fourth-order valence-corrected chi connectivity index (χ4v) is 6.02. The standard InChI is InChI=1S/C27H20ClF2N9O2/c28-14-1-2-17(38-12-33-36-37-38)20(22(14)30)15-9-19(40)39-18(10-26(4-5-26)25(39)35-15)24-32-11-16(34-24)13-3-8-31-23(21(13)29)27(41)6-7-27/h1-3,8-9,11-12,18,41H,4-7,10H2,(H,32,34)/t18-/m1/s1. The third-order valence-corrected chi connectivity index (χ3v) is 8.65. The number of benzene rings is 1. The summed E-state index contributed by atoms with van der Waals surface area (Å²) in [5.41, 5.74) is -0.860. The molecule has 11 nitrogen and oxygen atoms in total. The largest absolute Gasteiger partial charge is 0.383 e. The second-order valence-corrected chi connectivity index (χ2v) is 11.3. The molecular formula is C27H20ClF2N9O2. The monoisotopic (exact) mass is 575 g/mol. The Labute approximate surface area is 234 Å². The van der Waals surface area contributed by atoms with E-state index in [4.69, 9.17) is 16.6 Å². The van der Waals surface area contributed by atoms with Crippen LogP contribution in [-0.4, -0.2) is 49.8 Å². The molecule has 1 spiro atoms. The number of nitrogens with zero attached hydrogens (tertiary/aromatic N) is 8. The molecule has 2 aliphatic carbocycles. The smallest absolute Gasteiger partial charge is 0.254 e. The van der Waals surface area contributed by atoms with E-state index in [2.05, 4.69) is 30.5 Å². The number of imidazole rings is 1. The molecule has 0 saturated heterocycles. The second-order valence-electron chi connectivity index (χ2n) is 10.9. The first kappa shape index (κ1) is 24.4. The maximum Gasteiger partial charge on any atom is 0.254 e. The number of tetrazole rings is 1. The minimum atomic E-state index is -1.23. The van der Waals surface area contributed by atoms with Crippen molar-refractivity contribution in [2.45, 2.75) is 49.2 Å². The number of aromatic amines is 1. The molecule has 4 aromatic heterocycles. The van der Waals surface area contributed by atoms with Crippen LogP contribution in [0.4, 0.5) is 8.78 Å². The first-order valence-corrected chi connectivity index (χ1v) is 13.4. The van der Waals surface area contributed by atoms with E-state index in [-0.39, 0.29) is 38.5 Å². The number of pyridine rings is 1. The molecule has 14 heteroatoms. The zero-order valence-corrected chi connectivity index (χ0v) is 22.0. The molecular weight excluding hydrogens is 556 g/mol. The Hall–Kier alpha value is -4.36. The number of fused-ring (bicyclic) bond motifs is 2. The Morgan fingerprint density at radius 3 is 2.66 bits per heavy atom. The molecule has 8 rings (SSSR count). The minimum absolute atomic E-state index is 0.0196. The van der Waals surface area contributed by atoms with Crippen LogP contribution < -0.4 is 5.56 Å². The van der Waals surface area contributed by atoms with Crippen LogP contribution in [0.15, 0.2) is 47.8 Å². The molecule has 41 heavy (non-hydrogen) atoms. The average Bonchev–Trinajstić information content (AvgIpc) is 3.66. The van der Waals surface area contributed by atoms with E-state index in [1.54, 1.807) is 10.6 Å². The minimum Gasteiger partial charge on any atom is -0.383 e. The molecule has 2 N–H and O–H groups in total. The summed E-state index contributed by atoms with van der Waals surface area (Å²) in [6.07, 6.45) is 7.40. The highest BCUT2D eigenvalue weighted by molar-refractivity contribution is 6.31. The van der Waals surface area contributed by atoms with Crippen LogP contribution in [0.25, 0.3) is 28.2 Å². The summed E-state index contributed by atoms with van der Waals surface area (Å²) in [5, 5.41) is 21.4. The van der Waals surface area contributed by atoms with Crippen LogP contribution in [0.5, 0.6) is 0 Å². The van der Waals surface area contributed by atoms with Crippen molar-refractivity contribution in [1.29, 1.82) is 0 Å². The third kappa shape index (κ3) is 3.61. The zero-order valence-electron chi connectivity index (χ0n) is 21.2. The van der Waals surface area contributed by atoms with Gasteiger partial charge in [-0.25, -0.2) is 18.7 Å². The Bertz CT molecular complexity index is 1930. The number of hydrogen-bond donors (Lipinski definition) is 2. The van der Waals surface area contributed by atoms with E-state index < -0.39 is 23.3 Å². The molecule has 1 aliphatic heterocycles. The van der Waals surface area contributed by atoms with Gasteiger partial charge in [-0.2, -0.15) is 4.68 Å². The second kappa shape index (κ2) is 8.33. The lowest BCUT2D eigenvalue weighted by molar-refractivity contribution is 0.141. The summed E-state index contributed by atoms with van der Waals surface area (Å²) in [6.45, 7) is 0. The highest BCUT2D eigenvalue weighted by Gasteiger charge is 2.55. The van der Waals surface area contributed by atoms with E-state index in [0.29, 0.717) is 42.3 Å². The van der Waals surface area contributed by atoms with Crippen LogP contribution in [-0.2, 0) is 11.0 Å². The van der Waals surface area contributed by atoms with Gasteiger partial charge in [0.2, 0.25) is 0 Å². The van der Waals surface area contributed by atoms with E-state index in [1.165, 1.54) is 41.6 Å². The lowest BCUT2D eigenvalue weighted by Gasteiger charge is -2.15. The molecule has 5 heterocycles. The van der Waals surface area contributed by atoms with Crippen molar-refractivity contribution in [3.63, 3.8) is 0 Å². The van der Waals surface area contributed by atoms with Crippen molar-refractivity contribution >= 4 is 11.6 Å². The zero-order chi connectivity index (χ0) is 28.1. The maximum atomic E-state index is 15.4. The molecule has 0 amide bonds. The van der Waals surface area contributed by atoms with Crippen LogP contribution in [0.1, 0.15) is 55.5 Å². The van der Waals surface area contributed by atoms with E-state index in [0.717, 1.165) is 12.8 Å². The molecule has 2 fully saturated rings. The van der Waals surface area contributed by atoms with Gasteiger partial charge in [0.05, 0.1) is 39.9 Å². The maximum absolute atomic E-state index is 15.4. The Balaban J connectivity index is 1.22. The van der Waals surface area contributed by atoms with Crippen molar-refractivity contribution in [2.24, 2.45) is 0 Å². The number of nitrogens with one attached hydrogen (secondary N) is 1. The predicted molar refractivity (Wildman–Crippen MR) is 140 cm³/mol. The van der Waals surface area contributed by atoms with E-state index in [9.17, 15) is 9.90 Å². The van der Waals surface area contributed by atoms with Gasteiger partial charge in [0.1, 0.15) is 29.3 Å². The normalized spacial score (nSPS) is 19.5. The Morgan fingerprint density at radius 2 is 1.93 bits per heavy atom. The number of aromatic nitrogens is 9. The van der Waals surface area contributed by atoms with Crippen molar-refractivity contribution in [3.8, 4) is 28.2 Å². The lowest BCUT2D eigenvalue weighted by Crippen LogP contribution is -2.26. The van der Waals surface area contributed by atoms with Gasteiger partial charge in [0.25, 0.3) is 5.56 Å². The highest BCUT2D eigenvalue weighted by atomic mass is 35.5. The van der Waals surface area contributed by atoms with Gasteiger partial charge in [0.15, 0.2) is 11.6 Å². The topological polar surface area (TPSA) is 140 Å². The third-order valence-electron chi connectivity index (χ3n) is 8.36. The summed E-state index contributed by atoms with van der Waals surface area (Å²) in [7, 11) is 0. The summed E-state index contributed by atoms with van der Waals surface area (Å²) >= 11 is 6.12. The van der Waals surface area contributed by atoms with Gasteiger partial charge in [-0.05, 0) is 60.7 Å². The summed E-state index contributed by atoms with van der Waals surface area (Å²) in [6, 6.07) is 5.28. The summed E-state index contributed by atoms with van der Waals surface area (Å²) in [4.78, 5) is 30.2. The van der Waals surface area contributed by atoms with Crippen molar-refractivity contribution in [2.75, 3.05) is 0 Å². The Kier molecular flexibility index (Phi) is 4.97. The fraction of sp³-hybridized carbons (Fsp3) is 0.296. The number of H-pyrrole nitrogens is 1. The van der Waals surface area contributed by atoms with Crippen LogP contribution >= 0.6 is 11.6 Å². The number of halogens is 3. The van der Waals surface area contributed by atoms with Gasteiger partial charge < -0.3 is 10.1 Å². The number of hydrogen-bond acceptors (Lipinski definition) is 8. The molecule has 2 saturated carbocycles. The first-order chi connectivity index (χ1) is 19.8. The molecule has 5 aromatic rings. The van der Waals surface area contributed by atoms with Gasteiger partial charge in [0, 0.05) is 23.2 Å². The summed E-state index contributed by atoms with van der Waals surface area (Å²) < 4.78 is 33.6. The Morgan fingerprint density at radius 1 is 1.10 bits per heavy atom. The van der Waals surface area contributed by atoms with Gasteiger partial charge in [-0.15, -0.1) is 5.10 Å². The molecule has 0 unspecified atom stereocenters. The van der Waals surface area contributed by atoms with Crippen LogP contribution in [0.2, 0.25) is 5.02 Å². The molecule has 0 radical (unpaired) electrons. The predicted octanol–water partition coefficient (Wildman–Crippen LogP) is 3.61. The lowest BCUT2D eigenvalue weighted by atomic mass is 10.0. The molecule has 3 aliphatic rings. The molecule has 1 aromatic carbocycles. The van der Waals surface area contributed by atoms with Crippen molar-refractivity contribution < 1.29 is 13.9 Å². The van der Waals surface area contributed by atoms with E-state index >= 15 is 8.78 Å². The molecule has 1 atom stereocenters. The van der Waals surface area contributed by atoms with E-state index in [1.807, 2.05) is 0 Å². The first-order valence-electron chi connectivity index (χ1n) is 13.1. The quantitative estimate of drug-likeness (QED) is 0.324. The fourth-order valence-electron chi connectivity index (χ4n) is 5.87. The van der Waals surface area contributed by atoms with Crippen LogP contribution in [0.3, 0.4) is 0 Å². The summed E-state index contributed by atoms with van der Waals surface area (Å²) in [5.74, 6) is -0.314. The molecule has 0 bridgehead atoms.